The fraction of sp³-hybridized carbons (Fsp3) is 0.417. The molecule has 1 N–H and O–H groups in total. The summed E-state index contributed by atoms with van der Waals surface area (Å²) in [6.45, 7) is 3.24. The van der Waals surface area contributed by atoms with E-state index in [-0.39, 0.29) is 6.10 Å². The number of benzene rings is 1. The molecule has 0 aliphatic carbocycles. The summed E-state index contributed by atoms with van der Waals surface area (Å²) in [5.74, 6) is 1.58. The van der Waals surface area contributed by atoms with Gasteiger partial charge in [0.1, 0.15) is 5.75 Å². The first-order valence-electron chi connectivity index (χ1n) is 5.72. The Labute approximate surface area is 104 Å². The Balaban J connectivity index is 2.11. The molecule has 0 bridgehead atoms. The summed E-state index contributed by atoms with van der Waals surface area (Å²) in [6.07, 6.45) is -0.291. The molecule has 2 heterocycles. The van der Waals surface area contributed by atoms with E-state index in [0.29, 0.717) is 13.2 Å². The average Bonchev–Trinajstić information content (AvgIpc) is 2.67. The molecule has 1 aliphatic rings. The first-order valence-corrected chi connectivity index (χ1v) is 6.70. The highest BCUT2D eigenvalue weighted by Gasteiger charge is 2.20. The molecule has 1 aliphatic heterocycles. The van der Waals surface area contributed by atoms with E-state index in [1.165, 1.54) is 0 Å². The number of ether oxygens (including phenoxy) is 1. The van der Waals surface area contributed by atoms with Crippen LogP contribution in [0.1, 0.15) is 6.92 Å². The van der Waals surface area contributed by atoms with E-state index in [0.717, 1.165) is 27.7 Å². The molecule has 90 valence electrons. The molecule has 3 rings (SSSR count). The zero-order valence-electron chi connectivity index (χ0n) is 9.59. The lowest BCUT2D eigenvalue weighted by Crippen LogP contribution is -2.23. The normalized spacial score (nSPS) is 19.3. The van der Waals surface area contributed by atoms with Crippen molar-refractivity contribution in [1.82, 2.24) is 9.55 Å². The molecular weight excluding hydrogens is 236 g/mol. The SMILES string of the molecule is CCOc1ccc2nc3n(c2c1)C[C@H](O)CS3. The molecule has 0 saturated heterocycles. The van der Waals surface area contributed by atoms with Crippen molar-refractivity contribution in [1.29, 1.82) is 0 Å². The minimum atomic E-state index is -0.291. The predicted octanol–water partition coefficient (Wildman–Crippen LogP) is 1.90. The largest absolute Gasteiger partial charge is 0.494 e. The highest BCUT2D eigenvalue weighted by molar-refractivity contribution is 7.99. The highest BCUT2D eigenvalue weighted by atomic mass is 32.2. The molecule has 2 aromatic rings. The van der Waals surface area contributed by atoms with Gasteiger partial charge in [-0.1, -0.05) is 11.8 Å². The van der Waals surface area contributed by atoms with Gasteiger partial charge in [0.2, 0.25) is 0 Å². The minimum Gasteiger partial charge on any atom is -0.494 e. The van der Waals surface area contributed by atoms with E-state index in [9.17, 15) is 5.11 Å². The van der Waals surface area contributed by atoms with E-state index in [2.05, 4.69) is 9.55 Å². The summed E-state index contributed by atoms with van der Waals surface area (Å²) >= 11 is 1.60. The smallest absolute Gasteiger partial charge is 0.169 e. The van der Waals surface area contributed by atoms with Gasteiger partial charge >= 0.3 is 0 Å². The van der Waals surface area contributed by atoms with Crippen molar-refractivity contribution in [2.75, 3.05) is 12.4 Å². The minimum absolute atomic E-state index is 0.291. The quantitative estimate of drug-likeness (QED) is 0.884. The maximum atomic E-state index is 9.71. The highest BCUT2D eigenvalue weighted by Crippen LogP contribution is 2.30. The van der Waals surface area contributed by atoms with Gasteiger partial charge in [-0.3, -0.25) is 0 Å². The molecule has 1 atom stereocenters. The lowest BCUT2D eigenvalue weighted by Gasteiger charge is -2.19. The van der Waals surface area contributed by atoms with Crippen molar-refractivity contribution in [2.45, 2.75) is 24.7 Å². The van der Waals surface area contributed by atoms with Crippen molar-refractivity contribution in [3.05, 3.63) is 18.2 Å². The van der Waals surface area contributed by atoms with Crippen LogP contribution < -0.4 is 4.74 Å². The van der Waals surface area contributed by atoms with E-state index < -0.39 is 0 Å². The second-order valence-corrected chi connectivity index (χ2v) is 5.04. The van der Waals surface area contributed by atoms with Crippen LogP contribution in [0.5, 0.6) is 5.75 Å². The fourth-order valence-corrected chi connectivity index (χ4v) is 3.00. The molecule has 0 amide bonds. The van der Waals surface area contributed by atoms with E-state index in [1.807, 2.05) is 25.1 Å². The van der Waals surface area contributed by atoms with Gasteiger partial charge in [0.05, 0.1) is 30.3 Å². The number of aliphatic hydroxyl groups is 1. The van der Waals surface area contributed by atoms with Crippen molar-refractivity contribution in [3.63, 3.8) is 0 Å². The molecule has 0 spiro atoms. The molecule has 5 heteroatoms. The van der Waals surface area contributed by atoms with Crippen LogP contribution in [0, 0.1) is 0 Å². The van der Waals surface area contributed by atoms with Crippen molar-refractivity contribution < 1.29 is 9.84 Å². The van der Waals surface area contributed by atoms with Crippen LogP contribution in [0.4, 0.5) is 0 Å². The molecule has 0 radical (unpaired) electrons. The topological polar surface area (TPSA) is 47.3 Å². The van der Waals surface area contributed by atoms with Gasteiger partial charge in [-0.15, -0.1) is 0 Å². The van der Waals surface area contributed by atoms with E-state index >= 15 is 0 Å². The summed E-state index contributed by atoms with van der Waals surface area (Å²) in [7, 11) is 0. The van der Waals surface area contributed by atoms with E-state index in [4.69, 9.17) is 4.74 Å². The number of aromatic nitrogens is 2. The Morgan fingerprint density at radius 2 is 2.47 bits per heavy atom. The van der Waals surface area contributed by atoms with Crippen molar-refractivity contribution in [3.8, 4) is 5.75 Å². The van der Waals surface area contributed by atoms with Crippen LogP contribution in [-0.4, -0.2) is 33.1 Å². The Morgan fingerprint density at radius 3 is 3.29 bits per heavy atom. The summed E-state index contributed by atoms with van der Waals surface area (Å²) in [6, 6.07) is 5.90. The van der Waals surface area contributed by atoms with Crippen LogP contribution in [0.3, 0.4) is 0 Å². The average molecular weight is 250 g/mol. The molecule has 0 fully saturated rings. The Morgan fingerprint density at radius 1 is 1.59 bits per heavy atom. The number of thioether (sulfide) groups is 1. The predicted molar refractivity (Wildman–Crippen MR) is 67.6 cm³/mol. The number of aliphatic hydroxyl groups excluding tert-OH is 1. The standard InChI is InChI=1S/C12H14N2O2S/c1-2-16-9-3-4-10-11(5-9)14-6-8(15)7-17-12(14)13-10/h3-5,8,15H,2,6-7H2,1H3/t8-/m0/s1. The Kier molecular flexibility index (Phi) is 2.72. The summed E-state index contributed by atoms with van der Waals surface area (Å²) < 4.78 is 7.56. The second kappa shape index (κ2) is 4.23. The number of fused-ring (bicyclic) bond motifs is 3. The Hall–Kier alpha value is -1.20. The number of hydrogen-bond donors (Lipinski definition) is 1. The molecule has 1 aromatic carbocycles. The van der Waals surface area contributed by atoms with Gasteiger partial charge in [0, 0.05) is 11.8 Å². The van der Waals surface area contributed by atoms with Gasteiger partial charge in [-0.25, -0.2) is 4.98 Å². The van der Waals surface area contributed by atoms with Gasteiger partial charge in [0.15, 0.2) is 5.16 Å². The molecule has 1 aromatic heterocycles. The second-order valence-electron chi connectivity index (χ2n) is 4.05. The van der Waals surface area contributed by atoms with Gasteiger partial charge in [0.25, 0.3) is 0 Å². The van der Waals surface area contributed by atoms with Crippen LogP contribution in [-0.2, 0) is 6.54 Å². The molecule has 17 heavy (non-hydrogen) atoms. The molecule has 0 saturated carbocycles. The number of hydrogen-bond acceptors (Lipinski definition) is 4. The fourth-order valence-electron chi connectivity index (χ4n) is 2.06. The maximum Gasteiger partial charge on any atom is 0.169 e. The first kappa shape index (κ1) is 10.9. The van der Waals surface area contributed by atoms with Crippen LogP contribution in [0.25, 0.3) is 11.0 Å². The number of nitrogens with zero attached hydrogens (tertiary/aromatic N) is 2. The molecule has 4 nitrogen and oxygen atoms in total. The number of imidazole rings is 1. The third kappa shape index (κ3) is 1.89. The van der Waals surface area contributed by atoms with E-state index in [1.54, 1.807) is 11.8 Å². The zero-order valence-corrected chi connectivity index (χ0v) is 10.4. The lowest BCUT2D eigenvalue weighted by molar-refractivity contribution is 0.172. The summed E-state index contributed by atoms with van der Waals surface area (Å²) in [5.41, 5.74) is 2.00. The number of rotatable bonds is 2. The van der Waals surface area contributed by atoms with Gasteiger partial charge in [-0.2, -0.15) is 0 Å². The third-order valence-corrected chi connectivity index (χ3v) is 3.92. The Bertz CT molecular complexity index is 553. The van der Waals surface area contributed by atoms with Crippen LogP contribution in [0.2, 0.25) is 0 Å². The van der Waals surface area contributed by atoms with Gasteiger partial charge in [-0.05, 0) is 19.1 Å². The van der Waals surface area contributed by atoms with Crippen molar-refractivity contribution >= 4 is 22.8 Å². The summed E-state index contributed by atoms with van der Waals surface area (Å²) in [4.78, 5) is 4.55. The molecular formula is C12H14N2O2S. The molecule has 0 unspecified atom stereocenters. The third-order valence-electron chi connectivity index (χ3n) is 2.79. The maximum absolute atomic E-state index is 9.71. The van der Waals surface area contributed by atoms with Crippen LogP contribution >= 0.6 is 11.8 Å². The lowest BCUT2D eigenvalue weighted by atomic mass is 10.3. The zero-order chi connectivity index (χ0) is 11.8. The van der Waals surface area contributed by atoms with Crippen LogP contribution in [0.15, 0.2) is 23.4 Å². The van der Waals surface area contributed by atoms with Gasteiger partial charge < -0.3 is 14.4 Å². The monoisotopic (exact) mass is 250 g/mol. The van der Waals surface area contributed by atoms with Crippen molar-refractivity contribution in [2.24, 2.45) is 0 Å². The first-order chi connectivity index (χ1) is 8.28. The summed E-state index contributed by atoms with van der Waals surface area (Å²) in [5, 5.41) is 10.7.